The van der Waals surface area contributed by atoms with E-state index in [9.17, 15) is 4.79 Å². The molecule has 0 aliphatic heterocycles. The highest BCUT2D eigenvalue weighted by Gasteiger charge is 2.02. The quantitative estimate of drug-likeness (QED) is 0.441. The molecule has 0 atom stereocenters. The minimum atomic E-state index is -0.0216. The Bertz CT molecular complexity index is 642. The number of hydrogen-bond acceptors (Lipinski definition) is 3. The van der Waals surface area contributed by atoms with Crippen LogP contribution in [0.4, 0.5) is 0 Å². The van der Waals surface area contributed by atoms with Crippen molar-refractivity contribution in [2.24, 2.45) is 0 Å². The number of hydrogen-bond donors (Lipinski definition) is 0. The summed E-state index contributed by atoms with van der Waals surface area (Å²) in [6.07, 6.45) is 3.45. The van der Waals surface area contributed by atoms with E-state index in [0.29, 0.717) is 18.8 Å². The summed E-state index contributed by atoms with van der Waals surface area (Å²) >= 11 is 0. The maximum Gasteiger partial charge on any atom is 0.185 e. The van der Waals surface area contributed by atoms with Gasteiger partial charge in [0, 0.05) is 12.7 Å². The van der Waals surface area contributed by atoms with Crippen LogP contribution in [0, 0.1) is 6.92 Å². The Labute approximate surface area is 131 Å². The zero-order valence-electron chi connectivity index (χ0n) is 12.9. The second-order valence-electron chi connectivity index (χ2n) is 4.92. The van der Waals surface area contributed by atoms with Gasteiger partial charge in [-0.25, -0.2) is 0 Å². The number of rotatable bonds is 7. The lowest BCUT2D eigenvalue weighted by atomic mass is 10.1. The molecule has 0 heterocycles. The van der Waals surface area contributed by atoms with E-state index < -0.39 is 0 Å². The standard InChI is InChI=1S/C19H20O3/c1-15-5-3-4-6-16(15)9-12-19(20)17-7-10-18(11-8-17)22-14-13-21-2/h3-12H,13-14H2,1-2H3. The zero-order valence-corrected chi connectivity index (χ0v) is 12.9. The number of ether oxygens (including phenoxy) is 2. The van der Waals surface area contributed by atoms with Crippen LogP contribution in [-0.4, -0.2) is 26.1 Å². The number of aryl methyl sites for hydroxylation is 1. The van der Waals surface area contributed by atoms with Crippen molar-refractivity contribution in [3.8, 4) is 5.75 Å². The van der Waals surface area contributed by atoms with E-state index in [0.717, 1.165) is 16.9 Å². The smallest absolute Gasteiger partial charge is 0.185 e. The molecule has 2 aromatic rings. The van der Waals surface area contributed by atoms with Gasteiger partial charge in [0.2, 0.25) is 0 Å². The SMILES string of the molecule is COCCOc1ccc(C(=O)C=Cc2ccccc2C)cc1. The Morgan fingerprint density at radius 2 is 1.77 bits per heavy atom. The molecule has 3 heteroatoms. The van der Waals surface area contributed by atoms with Crippen LogP contribution in [0.3, 0.4) is 0 Å². The van der Waals surface area contributed by atoms with E-state index in [-0.39, 0.29) is 5.78 Å². The third-order valence-electron chi connectivity index (χ3n) is 3.30. The van der Waals surface area contributed by atoms with Crippen molar-refractivity contribution in [3.05, 3.63) is 71.3 Å². The molecular formula is C19H20O3. The number of ketones is 1. The van der Waals surface area contributed by atoms with Crippen molar-refractivity contribution in [1.29, 1.82) is 0 Å². The van der Waals surface area contributed by atoms with Gasteiger partial charge in [0.1, 0.15) is 12.4 Å². The van der Waals surface area contributed by atoms with Crippen LogP contribution in [0.25, 0.3) is 6.08 Å². The molecule has 0 amide bonds. The van der Waals surface area contributed by atoms with E-state index in [2.05, 4.69) is 0 Å². The highest BCUT2D eigenvalue weighted by molar-refractivity contribution is 6.06. The number of methoxy groups -OCH3 is 1. The van der Waals surface area contributed by atoms with Crippen molar-refractivity contribution >= 4 is 11.9 Å². The van der Waals surface area contributed by atoms with Crippen LogP contribution in [0.2, 0.25) is 0 Å². The predicted octanol–water partition coefficient (Wildman–Crippen LogP) is 3.92. The molecule has 2 aromatic carbocycles. The molecule has 0 saturated heterocycles. The van der Waals surface area contributed by atoms with E-state index in [1.165, 1.54) is 0 Å². The zero-order chi connectivity index (χ0) is 15.8. The molecule has 0 saturated carbocycles. The molecular weight excluding hydrogens is 276 g/mol. The molecule has 3 nitrogen and oxygen atoms in total. The highest BCUT2D eigenvalue weighted by Crippen LogP contribution is 2.14. The number of benzene rings is 2. The van der Waals surface area contributed by atoms with Gasteiger partial charge >= 0.3 is 0 Å². The molecule has 0 radical (unpaired) electrons. The monoisotopic (exact) mass is 296 g/mol. The molecule has 0 fully saturated rings. The fraction of sp³-hybridized carbons (Fsp3) is 0.211. The molecule has 114 valence electrons. The van der Waals surface area contributed by atoms with E-state index >= 15 is 0 Å². The summed E-state index contributed by atoms with van der Waals surface area (Å²) in [6, 6.07) is 15.1. The minimum absolute atomic E-state index is 0.0216. The summed E-state index contributed by atoms with van der Waals surface area (Å²) in [5.41, 5.74) is 2.84. The topological polar surface area (TPSA) is 35.5 Å². The minimum Gasteiger partial charge on any atom is -0.491 e. The first kappa shape index (κ1) is 16.0. The van der Waals surface area contributed by atoms with E-state index in [1.54, 1.807) is 37.5 Å². The Balaban J connectivity index is 1.99. The van der Waals surface area contributed by atoms with Gasteiger partial charge in [-0.05, 0) is 48.4 Å². The molecule has 0 aliphatic carbocycles. The maximum absolute atomic E-state index is 12.2. The predicted molar refractivity (Wildman–Crippen MR) is 88.4 cm³/mol. The van der Waals surface area contributed by atoms with Gasteiger partial charge in [-0.15, -0.1) is 0 Å². The lowest BCUT2D eigenvalue weighted by molar-refractivity contribution is 0.104. The normalized spacial score (nSPS) is 10.8. The first-order valence-electron chi connectivity index (χ1n) is 7.20. The Kier molecular flexibility index (Phi) is 5.92. The average Bonchev–Trinajstić information content (AvgIpc) is 2.55. The molecule has 0 spiro atoms. The molecule has 0 N–H and O–H groups in total. The summed E-state index contributed by atoms with van der Waals surface area (Å²) in [5, 5.41) is 0. The highest BCUT2D eigenvalue weighted by atomic mass is 16.5. The summed E-state index contributed by atoms with van der Waals surface area (Å²) in [6.45, 7) is 3.06. The fourth-order valence-electron chi connectivity index (χ4n) is 1.99. The summed E-state index contributed by atoms with van der Waals surface area (Å²) in [7, 11) is 1.63. The third-order valence-corrected chi connectivity index (χ3v) is 3.30. The molecule has 2 rings (SSSR count). The number of allylic oxidation sites excluding steroid dienone is 1. The lowest BCUT2D eigenvalue weighted by Crippen LogP contribution is -2.04. The first-order valence-corrected chi connectivity index (χ1v) is 7.20. The molecule has 22 heavy (non-hydrogen) atoms. The molecule has 0 bridgehead atoms. The van der Waals surface area contributed by atoms with Gasteiger partial charge in [-0.1, -0.05) is 30.3 Å². The van der Waals surface area contributed by atoms with Crippen molar-refractivity contribution in [2.75, 3.05) is 20.3 Å². The Morgan fingerprint density at radius 1 is 1.05 bits per heavy atom. The van der Waals surface area contributed by atoms with Gasteiger partial charge < -0.3 is 9.47 Å². The molecule has 0 aliphatic rings. The Hall–Kier alpha value is -2.39. The van der Waals surface area contributed by atoms with Gasteiger partial charge in [0.15, 0.2) is 5.78 Å². The summed E-state index contributed by atoms with van der Waals surface area (Å²) in [5.74, 6) is 0.711. The number of carbonyl (C=O) groups is 1. The van der Waals surface area contributed by atoms with Crippen molar-refractivity contribution in [3.63, 3.8) is 0 Å². The Morgan fingerprint density at radius 3 is 2.45 bits per heavy atom. The third kappa shape index (κ3) is 4.57. The van der Waals surface area contributed by atoms with Gasteiger partial charge in [-0.3, -0.25) is 4.79 Å². The second-order valence-corrected chi connectivity index (χ2v) is 4.92. The number of carbonyl (C=O) groups excluding carboxylic acids is 1. The van der Waals surface area contributed by atoms with Crippen LogP contribution in [0.1, 0.15) is 21.5 Å². The fourth-order valence-corrected chi connectivity index (χ4v) is 1.99. The van der Waals surface area contributed by atoms with Crippen LogP contribution >= 0.6 is 0 Å². The van der Waals surface area contributed by atoms with Crippen molar-refractivity contribution < 1.29 is 14.3 Å². The first-order chi connectivity index (χ1) is 10.7. The molecule has 0 unspecified atom stereocenters. The van der Waals surface area contributed by atoms with Gasteiger partial charge in [0.05, 0.1) is 6.61 Å². The van der Waals surface area contributed by atoms with Gasteiger partial charge in [0.25, 0.3) is 0 Å². The maximum atomic E-state index is 12.2. The van der Waals surface area contributed by atoms with E-state index in [4.69, 9.17) is 9.47 Å². The van der Waals surface area contributed by atoms with Gasteiger partial charge in [-0.2, -0.15) is 0 Å². The van der Waals surface area contributed by atoms with Crippen molar-refractivity contribution in [2.45, 2.75) is 6.92 Å². The van der Waals surface area contributed by atoms with Crippen LogP contribution in [0.5, 0.6) is 5.75 Å². The largest absolute Gasteiger partial charge is 0.491 e. The summed E-state index contributed by atoms with van der Waals surface area (Å²) < 4.78 is 10.4. The van der Waals surface area contributed by atoms with E-state index in [1.807, 2.05) is 37.3 Å². The van der Waals surface area contributed by atoms with Crippen molar-refractivity contribution in [1.82, 2.24) is 0 Å². The van der Waals surface area contributed by atoms with Crippen LogP contribution < -0.4 is 4.74 Å². The molecule has 0 aromatic heterocycles. The van der Waals surface area contributed by atoms with Crippen LogP contribution in [-0.2, 0) is 4.74 Å². The second kappa shape index (κ2) is 8.15. The van der Waals surface area contributed by atoms with Crippen LogP contribution in [0.15, 0.2) is 54.6 Å². The average molecular weight is 296 g/mol. The summed E-state index contributed by atoms with van der Waals surface area (Å²) in [4.78, 5) is 12.2. The lowest BCUT2D eigenvalue weighted by Gasteiger charge is -2.05.